The zero-order valence-corrected chi connectivity index (χ0v) is 28.9. The molecule has 3 aromatic rings. The van der Waals surface area contributed by atoms with Crippen LogP contribution in [0.15, 0.2) is 53.7 Å². The van der Waals surface area contributed by atoms with Crippen LogP contribution in [-0.4, -0.2) is 60.4 Å². The highest BCUT2D eigenvalue weighted by molar-refractivity contribution is 7.92. The topological polar surface area (TPSA) is 154 Å². The molecular formula is C35H36F4N4O7S. The number of carbonyl (C=O) groups is 3. The summed E-state index contributed by atoms with van der Waals surface area (Å²) in [5, 5.41) is 5.44. The Hall–Kier alpha value is -4.60. The minimum Gasteiger partial charge on any atom is -0.496 e. The van der Waals surface area contributed by atoms with E-state index in [1.807, 2.05) is 0 Å². The number of anilines is 1. The van der Waals surface area contributed by atoms with Gasteiger partial charge in [-0.15, -0.1) is 0 Å². The summed E-state index contributed by atoms with van der Waals surface area (Å²) in [5.74, 6) is -3.85. The number of fused-ring (bicyclic) bond motifs is 2. The lowest BCUT2D eigenvalue weighted by Gasteiger charge is -2.31. The van der Waals surface area contributed by atoms with Gasteiger partial charge in [0.05, 0.1) is 47.0 Å². The minimum absolute atomic E-state index is 0.0288. The van der Waals surface area contributed by atoms with Crippen LogP contribution < -0.4 is 15.4 Å². The van der Waals surface area contributed by atoms with Gasteiger partial charge in [-0.25, -0.2) is 12.8 Å². The van der Waals surface area contributed by atoms with Crippen LogP contribution in [0, 0.1) is 29.5 Å². The highest BCUT2D eigenvalue weighted by Crippen LogP contribution is 2.50. The number of halogens is 4. The number of nitrogens with zero attached hydrogens (tertiary/aromatic N) is 2. The number of hydrogen-bond acceptors (Lipinski definition) is 9. The first-order chi connectivity index (χ1) is 23.9. The summed E-state index contributed by atoms with van der Waals surface area (Å²) in [4.78, 5) is 47.5. The lowest BCUT2D eigenvalue weighted by atomic mass is 9.83. The third kappa shape index (κ3) is 7.28. The number of benzene rings is 2. The molecule has 3 saturated carbocycles. The van der Waals surface area contributed by atoms with E-state index in [0.29, 0.717) is 25.0 Å². The Kier molecular flexibility index (Phi) is 9.36. The van der Waals surface area contributed by atoms with Crippen molar-refractivity contribution >= 4 is 33.3 Å². The van der Waals surface area contributed by atoms with Crippen LogP contribution in [0.2, 0.25) is 0 Å². The maximum absolute atomic E-state index is 15.3. The van der Waals surface area contributed by atoms with Gasteiger partial charge in [0.25, 0.3) is 15.7 Å². The van der Waals surface area contributed by atoms with E-state index in [4.69, 9.17) is 9.47 Å². The molecule has 3 aliphatic rings. The molecule has 2 amide bonds. The summed E-state index contributed by atoms with van der Waals surface area (Å²) in [5.41, 5.74) is -5.66. The van der Waals surface area contributed by atoms with Crippen LogP contribution >= 0.6 is 0 Å². The molecule has 3 aliphatic carbocycles. The predicted octanol–water partition coefficient (Wildman–Crippen LogP) is 5.81. The molecule has 51 heavy (non-hydrogen) atoms. The number of ether oxygens (including phenoxy) is 2. The average Bonchev–Trinajstić information content (AvgIpc) is 3.61. The zero-order valence-electron chi connectivity index (χ0n) is 28.1. The van der Waals surface area contributed by atoms with E-state index in [2.05, 4.69) is 20.6 Å². The molecule has 272 valence electrons. The van der Waals surface area contributed by atoms with Crippen molar-refractivity contribution in [1.82, 2.24) is 15.3 Å². The predicted molar refractivity (Wildman–Crippen MR) is 175 cm³/mol. The summed E-state index contributed by atoms with van der Waals surface area (Å²) >= 11 is 0. The molecule has 6 rings (SSSR count). The highest BCUT2D eigenvalue weighted by atomic mass is 32.2. The number of methoxy groups -OCH3 is 1. The normalized spacial score (nSPS) is 24.2. The molecule has 16 heteroatoms. The average molecular weight is 733 g/mol. The van der Waals surface area contributed by atoms with Crippen molar-refractivity contribution in [2.45, 2.75) is 74.4 Å². The number of esters is 1. The van der Waals surface area contributed by atoms with Gasteiger partial charge in [-0.05, 0) is 82.6 Å². The second-order valence-electron chi connectivity index (χ2n) is 14.2. The number of hydrogen-bond donors (Lipinski definition) is 2. The lowest BCUT2D eigenvalue weighted by molar-refractivity contribution is -0.156. The van der Waals surface area contributed by atoms with Gasteiger partial charge in [0.15, 0.2) is 0 Å². The van der Waals surface area contributed by atoms with Crippen molar-refractivity contribution in [3.63, 3.8) is 0 Å². The van der Waals surface area contributed by atoms with Gasteiger partial charge in [-0.3, -0.25) is 24.4 Å². The number of rotatable bonds is 9. The Balaban J connectivity index is 1.19. The van der Waals surface area contributed by atoms with Crippen LogP contribution in [0.1, 0.15) is 68.4 Å². The number of sulfone groups is 1. The molecule has 2 unspecified atom stereocenters. The maximum Gasteiger partial charge on any atom is 0.501 e. The van der Waals surface area contributed by atoms with Crippen LogP contribution in [0.25, 0.3) is 11.3 Å². The fourth-order valence-electron chi connectivity index (χ4n) is 7.13. The summed E-state index contributed by atoms with van der Waals surface area (Å²) in [6.45, 7) is 5.35. The molecule has 2 aromatic carbocycles. The Morgan fingerprint density at radius 3 is 2.33 bits per heavy atom. The smallest absolute Gasteiger partial charge is 0.496 e. The molecular weight excluding hydrogens is 696 g/mol. The van der Waals surface area contributed by atoms with Crippen molar-refractivity contribution in [2.24, 2.45) is 23.7 Å². The molecule has 1 heterocycles. The van der Waals surface area contributed by atoms with Crippen LogP contribution in [0.3, 0.4) is 0 Å². The maximum atomic E-state index is 15.3. The van der Waals surface area contributed by atoms with Gasteiger partial charge >= 0.3 is 11.5 Å². The van der Waals surface area contributed by atoms with E-state index in [-0.39, 0.29) is 57.9 Å². The number of nitrogens with one attached hydrogen (secondary N) is 2. The standard InChI is InChI=1S/C35H36F4N4O7S/c1-34(2,3)50-33(46)22-12-21(22)26-15-41-27(16-40-26)23-13-24(28(49-4)14-25(23)36)31(44)43-30-18-9-8-17(10-18)29(30)32(45)42-19-6-5-7-20(11-19)51(47,48)35(37,38)39/h5-7,11,13-18,21-22,29-30H,8-10,12H2,1-4H3,(H,42,45)(H,43,44)/t17-,18+,21?,22?,29+,30-/m1/s1. The molecule has 11 nitrogen and oxygen atoms in total. The molecule has 0 aliphatic heterocycles. The van der Waals surface area contributed by atoms with E-state index in [1.165, 1.54) is 31.6 Å². The zero-order chi connectivity index (χ0) is 37.0. The van der Waals surface area contributed by atoms with E-state index < -0.39 is 55.4 Å². The first-order valence-corrected chi connectivity index (χ1v) is 17.8. The molecule has 3 fully saturated rings. The van der Waals surface area contributed by atoms with E-state index >= 15 is 4.39 Å². The fraction of sp³-hybridized carbons (Fsp3) is 0.457. The van der Waals surface area contributed by atoms with Crippen molar-refractivity contribution in [1.29, 1.82) is 0 Å². The Bertz CT molecular complexity index is 1980. The molecule has 1 aromatic heterocycles. The fourth-order valence-corrected chi connectivity index (χ4v) is 7.94. The van der Waals surface area contributed by atoms with E-state index in [0.717, 1.165) is 30.7 Å². The highest BCUT2D eigenvalue weighted by Gasteiger charge is 2.52. The van der Waals surface area contributed by atoms with Crippen LogP contribution in [0.4, 0.5) is 23.2 Å². The van der Waals surface area contributed by atoms with Crippen molar-refractivity contribution in [3.8, 4) is 17.0 Å². The van der Waals surface area contributed by atoms with Gasteiger partial charge in [-0.1, -0.05) is 6.07 Å². The molecule has 0 spiro atoms. The second-order valence-corrected chi connectivity index (χ2v) is 16.1. The summed E-state index contributed by atoms with van der Waals surface area (Å²) in [6.07, 6.45) is 5.41. The van der Waals surface area contributed by atoms with E-state index in [9.17, 15) is 36.0 Å². The largest absolute Gasteiger partial charge is 0.501 e. The van der Waals surface area contributed by atoms with Crippen molar-refractivity contribution in [2.75, 3.05) is 12.4 Å². The summed E-state index contributed by atoms with van der Waals surface area (Å²) < 4.78 is 89.3. The van der Waals surface area contributed by atoms with Gasteiger partial charge in [-0.2, -0.15) is 13.2 Å². The second kappa shape index (κ2) is 13.2. The quantitative estimate of drug-likeness (QED) is 0.205. The van der Waals surface area contributed by atoms with Crippen molar-refractivity contribution < 1.29 is 49.8 Å². The van der Waals surface area contributed by atoms with Crippen LogP contribution in [-0.2, 0) is 24.2 Å². The molecule has 0 radical (unpaired) electrons. The Labute approximate surface area is 291 Å². The van der Waals surface area contributed by atoms with Crippen LogP contribution in [0.5, 0.6) is 5.75 Å². The minimum atomic E-state index is -5.64. The molecule has 6 atom stereocenters. The SMILES string of the molecule is COc1cc(F)c(-c2cnc(C3CC3C(=O)OC(C)(C)C)cn2)cc1C(=O)N[C@@H]1[C@H]2CC[C@H](C2)[C@@H]1C(=O)Nc1cccc(S(=O)(=O)C(F)(F)F)c1. The van der Waals surface area contributed by atoms with E-state index in [1.54, 1.807) is 20.8 Å². The first-order valence-electron chi connectivity index (χ1n) is 16.3. The van der Waals surface area contributed by atoms with Gasteiger partial charge in [0.2, 0.25) is 5.91 Å². The Morgan fingerprint density at radius 2 is 1.69 bits per heavy atom. The molecule has 2 bridgehead atoms. The first kappa shape index (κ1) is 36.2. The number of aromatic nitrogens is 2. The summed E-state index contributed by atoms with van der Waals surface area (Å²) in [6, 6.07) is 5.56. The van der Waals surface area contributed by atoms with Gasteiger partial charge < -0.3 is 20.1 Å². The summed E-state index contributed by atoms with van der Waals surface area (Å²) in [7, 11) is -4.36. The van der Waals surface area contributed by atoms with Gasteiger partial charge in [0.1, 0.15) is 17.2 Å². The third-order valence-electron chi connectivity index (χ3n) is 9.59. The third-order valence-corrected chi connectivity index (χ3v) is 11.1. The number of alkyl halides is 3. The number of amides is 2. The monoisotopic (exact) mass is 732 g/mol. The molecule has 2 N–H and O–H groups in total. The number of carbonyl (C=O) groups excluding carboxylic acids is 3. The van der Waals surface area contributed by atoms with Gasteiger partial charge in [0, 0.05) is 35.5 Å². The van der Waals surface area contributed by atoms with Crippen molar-refractivity contribution in [3.05, 3.63) is 65.9 Å². The Morgan fingerprint density at radius 1 is 0.961 bits per heavy atom. The lowest BCUT2D eigenvalue weighted by Crippen LogP contribution is -2.48. The molecule has 0 saturated heterocycles.